The molecule has 1 fully saturated rings. The van der Waals surface area contributed by atoms with Gasteiger partial charge in [0, 0.05) is 21.8 Å². The Labute approximate surface area is 188 Å². The Balaban J connectivity index is 1.97. The molecule has 2 unspecified atom stereocenters. The van der Waals surface area contributed by atoms with Crippen molar-refractivity contribution in [2.45, 2.75) is 103 Å². The lowest BCUT2D eigenvalue weighted by molar-refractivity contribution is 0.194. The maximum absolute atomic E-state index is 6.68. The number of anilines is 2. The molecule has 1 heterocycles. The molecule has 1 aliphatic heterocycles. The van der Waals surface area contributed by atoms with Gasteiger partial charge in [-0.1, -0.05) is 85.0 Å². The van der Waals surface area contributed by atoms with Crippen molar-refractivity contribution in [1.29, 1.82) is 0 Å². The molecule has 2 aromatic rings. The van der Waals surface area contributed by atoms with Gasteiger partial charge in [0.2, 0.25) is 0 Å². The van der Waals surface area contributed by atoms with Crippen LogP contribution >= 0.6 is 11.6 Å². The molecule has 1 aliphatic carbocycles. The van der Waals surface area contributed by atoms with Crippen molar-refractivity contribution >= 4 is 23.0 Å². The summed E-state index contributed by atoms with van der Waals surface area (Å²) in [6, 6.07) is 13.9. The van der Waals surface area contributed by atoms with E-state index in [4.69, 9.17) is 11.6 Å². The summed E-state index contributed by atoms with van der Waals surface area (Å²) in [6.07, 6.45) is 5.05. The van der Waals surface area contributed by atoms with Crippen LogP contribution in [0.25, 0.3) is 0 Å². The SMILES string of the molecule is CC(C)(C)c1cc(Cl)cc(N2c3ccc(C(C)(C)C)cc3C3(C)CCCCC23C)c1. The van der Waals surface area contributed by atoms with E-state index in [1.165, 1.54) is 53.7 Å². The molecule has 1 nitrogen and oxygen atoms in total. The number of hydrogen-bond donors (Lipinski definition) is 0. The van der Waals surface area contributed by atoms with Crippen LogP contribution in [0.2, 0.25) is 5.02 Å². The van der Waals surface area contributed by atoms with Crippen LogP contribution in [0.3, 0.4) is 0 Å². The molecule has 0 radical (unpaired) electrons. The number of rotatable bonds is 1. The van der Waals surface area contributed by atoms with E-state index < -0.39 is 0 Å². The van der Waals surface area contributed by atoms with Crippen molar-refractivity contribution in [1.82, 2.24) is 0 Å². The Hall–Kier alpha value is -1.47. The number of hydrogen-bond acceptors (Lipinski definition) is 1. The highest BCUT2D eigenvalue weighted by molar-refractivity contribution is 6.31. The van der Waals surface area contributed by atoms with Crippen LogP contribution < -0.4 is 4.90 Å². The molecule has 2 atom stereocenters. The van der Waals surface area contributed by atoms with Crippen LogP contribution in [0.1, 0.15) is 97.8 Å². The van der Waals surface area contributed by atoms with Crippen molar-refractivity contribution in [3.8, 4) is 0 Å². The summed E-state index contributed by atoms with van der Waals surface area (Å²) in [5.41, 5.74) is 7.28. The monoisotopic (exact) mass is 423 g/mol. The Kier molecular flexibility index (Phi) is 4.90. The fourth-order valence-electron chi connectivity index (χ4n) is 5.74. The lowest BCUT2D eigenvalue weighted by Gasteiger charge is -2.50. The Morgan fingerprint density at radius 3 is 2.07 bits per heavy atom. The predicted octanol–water partition coefficient (Wildman–Crippen LogP) is 8.68. The Bertz CT molecular complexity index is 977. The van der Waals surface area contributed by atoms with Gasteiger partial charge in [-0.2, -0.15) is 0 Å². The van der Waals surface area contributed by atoms with Gasteiger partial charge in [-0.15, -0.1) is 0 Å². The molecule has 30 heavy (non-hydrogen) atoms. The summed E-state index contributed by atoms with van der Waals surface area (Å²) in [6.45, 7) is 18.7. The molecule has 0 spiro atoms. The largest absolute Gasteiger partial charge is 0.334 e. The first-order valence-electron chi connectivity index (χ1n) is 11.5. The summed E-state index contributed by atoms with van der Waals surface area (Å²) in [4.78, 5) is 2.63. The van der Waals surface area contributed by atoms with E-state index in [1.54, 1.807) is 0 Å². The van der Waals surface area contributed by atoms with Gasteiger partial charge < -0.3 is 4.90 Å². The highest BCUT2D eigenvalue weighted by Crippen LogP contribution is 2.61. The number of benzene rings is 2. The van der Waals surface area contributed by atoms with E-state index in [9.17, 15) is 0 Å². The van der Waals surface area contributed by atoms with Crippen LogP contribution in [0.5, 0.6) is 0 Å². The summed E-state index contributed by atoms with van der Waals surface area (Å²) in [5, 5.41) is 0.832. The van der Waals surface area contributed by atoms with Gasteiger partial charge in [-0.3, -0.25) is 0 Å². The smallest absolute Gasteiger partial charge is 0.0517 e. The van der Waals surface area contributed by atoms with Crippen molar-refractivity contribution < 1.29 is 0 Å². The third-order valence-electron chi connectivity index (χ3n) is 7.98. The van der Waals surface area contributed by atoms with Crippen LogP contribution in [0, 0.1) is 0 Å². The zero-order valence-electron chi connectivity index (χ0n) is 20.1. The fraction of sp³-hybridized carbons (Fsp3) is 0.571. The van der Waals surface area contributed by atoms with Crippen LogP contribution in [0.4, 0.5) is 11.4 Å². The second kappa shape index (κ2) is 6.76. The maximum Gasteiger partial charge on any atom is 0.0517 e. The van der Waals surface area contributed by atoms with Crippen molar-refractivity contribution in [3.05, 3.63) is 58.1 Å². The van der Waals surface area contributed by atoms with E-state index in [1.807, 2.05) is 0 Å². The zero-order chi connectivity index (χ0) is 22.1. The fourth-order valence-corrected chi connectivity index (χ4v) is 5.97. The van der Waals surface area contributed by atoms with Crippen molar-refractivity contribution in [2.75, 3.05) is 4.90 Å². The van der Waals surface area contributed by atoms with Gasteiger partial charge in [0.1, 0.15) is 0 Å². The summed E-state index contributed by atoms with van der Waals surface area (Å²) in [5.74, 6) is 0. The molecule has 0 amide bonds. The third-order valence-corrected chi connectivity index (χ3v) is 8.20. The minimum Gasteiger partial charge on any atom is -0.334 e. The van der Waals surface area contributed by atoms with Crippen molar-refractivity contribution in [2.24, 2.45) is 0 Å². The van der Waals surface area contributed by atoms with Gasteiger partial charge in [0.25, 0.3) is 0 Å². The molecule has 1 saturated carbocycles. The molecule has 162 valence electrons. The van der Waals surface area contributed by atoms with E-state index in [0.717, 1.165) is 5.02 Å². The van der Waals surface area contributed by atoms with E-state index in [-0.39, 0.29) is 21.8 Å². The second-order valence-corrected chi connectivity index (χ2v) is 12.5. The molecular formula is C28H38ClN. The van der Waals surface area contributed by atoms with E-state index >= 15 is 0 Å². The lowest BCUT2D eigenvalue weighted by atomic mass is 9.61. The normalized spacial score (nSPS) is 26.5. The summed E-state index contributed by atoms with van der Waals surface area (Å²) < 4.78 is 0. The average Bonchev–Trinajstić information content (AvgIpc) is 2.83. The van der Waals surface area contributed by atoms with Crippen molar-refractivity contribution in [3.63, 3.8) is 0 Å². The molecule has 0 N–H and O–H groups in total. The minimum atomic E-state index is 0.0595. The van der Waals surface area contributed by atoms with Gasteiger partial charge in [0.05, 0.1) is 5.54 Å². The Morgan fingerprint density at radius 1 is 0.800 bits per heavy atom. The van der Waals surface area contributed by atoms with E-state index in [2.05, 4.69) is 96.7 Å². The van der Waals surface area contributed by atoms with Crippen LogP contribution in [-0.2, 0) is 16.2 Å². The van der Waals surface area contributed by atoms with E-state index in [0.29, 0.717) is 0 Å². The maximum atomic E-state index is 6.68. The highest BCUT2D eigenvalue weighted by atomic mass is 35.5. The molecule has 0 bridgehead atoms. The molecule has 2 aliphatic rings. The number of halogens is 1. The molecular weight excluding hydrogens is 386 g/mol. The average molecular weight is 424 g/mol. The predicted molar refractivity (Wildman–Crippen MR) is 132 cm³/mol. The van der Waals surface area contributed by atoms with Gasteiger partial charge in [-0.25, -0.2) is 0 Å². The molecule has 0 aromatic heterocycles. The van der Waals surface area contributed by atoms with Gasteiger partial charge in [0.15, 0.2) is 0 Å². The standard InChI is InChI=1S/C28H38ClN/c1-25(2,3)19-11-12-24-23(17-19)27(7)13-9-10-14-28(27,8)30(24)22-16-20(26(4,5)6)15-21(29)18-22/h11-12,15-18H,9-10,13-14H2,1-8H3. The molecule has 4 rings (SSSR count). The summed E-state index contributed by atoms with van der Waals surface area (Å²) >= 11 is 6.68. The first-order chi connectivity index (χ1) is 13.8. The zero-order valence-corrected chi connectivity index (χ0v) is 20.9. The minimum absolute atomic E-state index is 0.0595. The first kappa shape index (κ1) is 21.8. The molecule has 2 aromatic carbocycles. The quantitative estimate of drug-likeness (QED) is 0.443. The van der Waals surface area contributed by atoms with Gasteiger partial charge in [-0.05, 0) is 71.6 Å². The first-order valence-corrected chi connectivity index (χ1v) is 11.9. The van der Waals surface area contributed by atoms with Crippen LogP contribution in [0.15, 0.2) is 36.4 Å². The lowest BCUT2D eigenvalue weighted by Crippen LogP contribution is -2.54. The summed E-state index contributed by atoms with van der Waals surface area (Å²) in [7, 11) is 0. The topological polar surface area (TPSA) is 3.24 Å². The Morgan fingerprint density at radius 2 is 1.43 bits per heavy atom. The van der Waals surface area contributed by atoms with Crippen LogP contribution in [-0.4, -0.2) is 5.54 Å². The second-order valence-electron chi connectivity index (χ2n) is 12.1. The molecule has 0 saturated heterocycles. The molecule has 2 heteroatoms. The van der Waals surface area contributed by atoms with Gasteiger partial charge >= 0.3 is 0 Å². The number of fused-ring (bicyclic) bond motifs is 3. The highest BCUT2D eigenvalue weighted by Gasteiger charge is 2.57. The number of nitrogens with zero attached hydrogens (tertiary/aromatic N) is 1. The third kappa shape index (κ3) is 3.20.